The van der Waals surface area contributed by atoms with Crippen LogP contribution in [0.5, 0.6) is 11.5 Å². The van der Waals surface area contributed by atoms with Crippen LogP contribution >= 0.6 is 0 Å². The zero-order valence-corrected chi connectivity index (χ0v) is 8.53. The van der Waals surface area contributed by atoms with Crippen molar-refractivity contribution in [2.75, 3.05) is 13.2 Å². The van der Waals surface area contributed by atoms with Gasteiger partial charge in [-0.2, -0.15) is 0 Å². The fourth-order valence-electron chi connectivity index (χ4n) is 1.54. The van der Waals surface area contributed by atoms with Crippen LogP contribution in [0.15, 0.2) is 12.1 Å². The third kappa shape index (κ3) is 2.08. The Balaban J connectivity index is 2.37. The van der Waals surface area contributed by atoms with Crippen LogP contribution in [-0.2, 0) is 11.2 Å². The topological polar surface area (TPSA) is 55.8 Å². The molecule has 5 heteroatoms. The summed E-state index contributed by atoms with van der Waals surface area (Å²) >= 11 is 0. The first kappa shape index (κ1) is 10.7. The van der Waals surface area contributed by atoms with Gasteiger partial charge in [0.15, 0.2) is 17.3 Å². The predicted molar refractivity (Wildman–Crippen MR) is 53.3 cm³/mol. The Kier molecular flexibility index (Phi) is 2.94. The molecule has 0 fully saturated rings. The van der Waals surface area contributed by atoms with Gasteiger partial charge in [0.2, 0.25) is 0 Å². The van der Waals surface area contributed by atoms with Gasteiger partial charge in [0, 0.05) is 12.0 Å². The van der Waals surface area contributed by atoms with E-state index in [-0.39, 0.29) is 17.7 Å². The molecule has 1 aromatic carbocycles. The van der Waals surface area contributed by atoms with E-state index in [2.05, 4.69) is 0 Å². The largest absolute Gasteiger partial charge is 0.489 e. The molecule has 0 saturated carbocycles. The number of halogens is 1. The van der Waals surface area contributed by atoms with E-state index in [0.29, 0.717) is 25.4 Å². The van der Waals surface area contributed by atoms with Crippen molar-refractivity contribution in [1.82, 2.24) is 0 Å². The van der Waals surface area contributed by atoms with E-state index in [9.17, 15) is 9.18 Å². The second-order valence-electron chi connectivity index (χ2n) is 3.49. The molecule has 1 aliphatic rings. The molecule has 86 valence electrons. The Hall–Kier alpha value is -1.78. The van der Waals surface area contributed by atoms with Gasteiger partial charge in [-0.3, -0.25) is 4.79 Å². The lowest BCUT2D eigenvalue weighted by Crippen LogP contribution is -2.04. The SMILES string of the molecule is O=C(O)Cc1ccc2c(c1F)OCCCO2. The Bertz CT molecular complexity index is 417. The lowest BCUT2D eigenvalue weighted by Gasteiger charge is -2.10. The standard InChI is InChI=1S/C11H11FO4/c12-10-7(6-9(13)14)2-3-8-11(10)16-5-1-4-15-8/h2-3H,1,4-6H2,(H,13,14). The molecular formula is C11H11FO4. The first-order valence-corrected chi connectivity index (χ1v) is 4.97. The molecule has 1 heterocycles. The molecule has 0 aliphatic carbocycles. The summed E-state index contributed by atoms with van der Waals surface area (Å²) in [6.45, 7) is 0.852. The minimum absolute atomic E-state index is 0.0243. The second kappa shape index (κ2) is 4.38. The third-order valence-corrected chi connectivity index (χ3v) is 2.28. The van der Waals surface area contributed by atoms with Gasteiger partial charge in [0.1, 0.15) is 0 Å². The number of carboxylic acid groups (broad SMARTS) is 1. The van der Waals surface area contributed by atoms with E-state index < -0.39 is 11.8 Å². The molecule has 0 spiro atoms. The fourth-order valence-corrected chi connectivity index (χ4v) is 1.54. The van der Waals surface area contributed by atoms with Gasteiger partial charge in [-0.05, 0) is 6.07 Å². The minimum Gasteiger partial charge on any atom is -0.489 e. The van der Waals surface area contributed by atoms with Crippen LogP contribution in [0.2, 0.25) is 0 Å². The Morgan fingerprint density at radius 3 is 2.88 bits per heavy atom. The van der Waals surface area contributed by atoms with Crippen LogP contribution in [0.25, 0.3) is 0 Å². The number of carboxylic acids is 1. The molecule has 4 nitrogen and oxygen atoms in total. The number of rotatable bonds is 2. The van der Waals surface area contributed by atoms with E-state index in [1.807, 2.05) is 0 Å². The summed E-state index contributed by atoms with van der Waals surface area (Å²) in [6, 6.07) is 2.96. The van der Waals surface area contributed by atoms with Crippen LogP contribution < -0.4 is 9.47 Å². The molecule has 2 rings (SSSR count). The van der Waals surface area contributed by atoms with Crippen molar-refractivity contribution < 1.29 is 23.8 Å². The molecular weight excluding hydrogens is 215 g/mol. The van der Waals surface area contributed by atoms with Gasteiger partial charge in [-0.15, -0.1) is 0 Å². The second-order valence-corrected chi connectivity index (χ2v) is 3.49. The van der Waals surface area contributed by atoms with Crippen molar-refractivity contribution in [2.45, 2.75) is 12.8 Å². The van der Waals surface area contributed by atoms with Gasteiger partial charge in [-0.1, -0.05) is 6.07 Å². The Labute approximate surface area is 91.6 Å². The van der Waals surface area contributed by atoms with Gasteiger partial charge in [0.25, 0.3) is 0 Å². The molecule has 1 N–H and O–H groups in total. The van der Waals surface area contributed by atoms with Crippen molar-refractivity contribution in [2.24, 2.45) is 0 Å². The third-order valence-electron chi connectivity index (χ3n) is 2.28. The first-order valence-electron chi connectivity index (χ1n) is 4.97. The summed E-state index contributed by atoms with van der Waals surface area (Å²) in [5.41, 5.74) is 0.108. The van der Waals surface area contributed by atoms with Crippen molar-refractivity contribution in [3.8, 4) is 11.5 Å². The van der Waals surface area contributed by atoms with E-state index in [1.54, 1.807) is 6.07 Å². The zero-order valence-electron chi connectivity index (χ0n) is 8.53. The highest BCUT2D eigenvalue weighted by molar-refractivity contribution is 5.70. The highest BCUT2D eigenvalue weighted by Crippen LogP contribution is 2.34. The van der Waals surface area contributed by atoms with E-state index in [1.165, 1.54) is 6.07 Å². The van der Waals surface area contributed by atoms with Gasteiger partial charge >= 0.3 is 5.97 Å². The van der Waals surface area contributed by atoms with Crippen LogP contribution in [0.1, 0.15) is 12.0 Å². The molecule has 0 unspecified atom stereocenters. The first-order chi connectivity index (χ1) is 7.68. The number of hydrogen-bond acceptors (Lipinski definition) is 3. The Morgan fingerprint density at radius 2 is 2.12 bits per heavy atom. The van der Waals surface area contributed by atoms with Gasteiger partial charge in [0.05, 0.1) is 19.6 Å². The summed E-state index contributed by atoms with van der Waals surface area (Å²) in [4.78, 5) is 10.5. The number of hydrogen-bond donors (Lipinski definition) is 1. The van der Waals surface area contributed by atoms with Crippen molar-refractivity contribution in [1.29, 1.82) is 0 Å². The number of benzene rings is 1. The van der Waals surface area contributed by atoms with Crippen molar-refractivity contribution >= 4 is 5.97 Å². The average Bonchev–Trinajstić information content (AvgIpc) is 2.47. The number of ether oxygens (including phenoxy) is 2. The molecule has 1 aromatic rings. The van der Waals surface area contributed by atoms with Crippen LogP contribution in [0.4, 0.5) is 4.39 Å². The minimum atomic E-state index is -1.08. The summed E-state index contributed by atoms with van der Waals surface area (Å²) in [5, 5.41) is 8.61. The van der Waals surface area contributed by atoms with E-state index >= 15 is 0 Å². The number of carbonyl (C=O) groups is 1. The fraction of sp³-hybridized carbons (Fsp3) is 0.364. The van der Waals surface area contributed by atoms with Crippen molar-refractivity contribution in [3.63, 3.8) is 0 Å². The van der Waals surface area contributed by atoms with Crippen molar-refractivity contribution in [3.05, 3.63) is 23.5 Å². The quantitative estimate of drug-likeness (QED) is 0.832. The molecule has 0 radical (unpaired) electrons. The lowest BCUT2D eigenvalue weighted by atomic mass is 10.1. The maximum atomic E-state index is 13.8. The molecule has 0 atom stereocenters. The average molecular weight is 226 g/mol. The summed E-state index contributed by atoms with van der Waals surface area (Å²) < 4.78 is 24.3. The van der Waals surface area contributed by atoms with E-state index in [4.69, 9.17) is 14.6 Å². The summed E-state index contributed by atoms with van der Waals surface area (Å²) in [7, 11) is 0. The molecule has 0 amide bonds. The zero-order chi connectivity index (χ0) is 11.5. The predicted octanol–water partition coefficient (Wildman–Crippen LogP) is 1.61. The lowest BCUT2D eigenvalue weighted by molar-refractivity contribution is -0.136. The Morgan fingerprint density at radius 1 is 1.38 bits per heavy atom. The maximum absolute atomic E-state index is 13.8. The molecule has 0 aromatic heterocycles. The van der Waals surface area contributed by atoms with Gasteiger partial charge in [-0.25, -0.2) is 4.39 Å². The normalized spacial score (nSPS) is 14.3. The highest BCUT2D eigenvalue weighted by Gasteiger charge is 2.19. The number of fused-ring (bicyclic) bond motifs is 1. The maximum Gasteiger partial charge on any atom is 0.307 e. The van der Waals surface area contributed by atoms with Gasteiger partial charge < -0.3 is 14.6 Å². The smallest absolute Gasteiger partial charge is 0.307 e. The molecule has 16 heavy (non-hydrogen) atoms. The summed E-state index contributed by atoms with van der Waals surface area (Å²) in [5.74, 6) is -1.35. The van der Waals surface area contributed by atoms with Crippen LogP contribution in [-0.4, -0.2) is 24.3 Å². The van der Waals surface area contributed by atoms with Crippen LogP contribution in [0, 0.1) is 5.82 Å². The molecule has 0 saturated heterocycles. The molecule has 0 bridgehead atoms. The number of aliphatic carboxylic acids is 1. The monoisotopic (exact) mass is 226 g/mol. The molecule has 1 aliphatic heterocycles. The van der Waals surface area contributed by atoms with Crippen LogP contribution in [0.3, 0.4) is 0 Å². The van der Waals surface area contributed by atoms with E-state index in [0.717, 1.165) is 0 Å². The highest BCUT2D eigenvalue weighted by atomic mass is 19.1. The summed E-state index contributed by atoms with van der Waals surface area (Å²) in [6.07, 6.45) is 0.324.